The number of pyridine rings is 1. The molecule has 3 aromatic heterocycles. The molecule has 0 N–H and O–H groups in total. The van der Waals surface area contributed by atoms with Gasteiger partial charge < -0.3 is 0 Å². The van der Waals surface area contributed by atoms with Crippen LogP contribution >= 0.6 is 15.9 Å². The first-order valence-electron chi connectivity index (χ1n) is 6.41. The van der Waals surface area contributed by atoms with E-state index >= 15 is 0 Å². The maximum atomic E-state index is 11.3. The molecule has 0 unspecified atom stereocenters. The van der Waals surface area contributed by atoms with Gasteiger partial charge in [0, 0.05) is 35.2 Å². The predicted octanol–water partition coefficient (Wildman–Crippen LogP) is 2.73. The molecule has 0 saturated carbocycles. The number of hydrogen-bond donors (Lipinski definition) is 0. The molecule has 7 heteroatoms. The summed E-state index contributed by atoms with van der Waals surface area (Å²) in [6.45, 7) is 2.77. The molecule has 3 aromatic rings. The highest BCUT2D eigenvalue weighted by atomic mass is 79.9. The summed E-state index contributed by atoms with van der Waals surface area (Å²) in [4.78, 5) is 15.5. The number of aryl methyl sites for hydroxylation is 1. The van der Waals surface area contributed by atoms with Gasteiger partial charge in [-0.15, -0.1) is 0 Å². The summed E-state index contributed by atoms with van der Waals surface area (Å²) >= 11 is 3.34. The van der Waals surface area contributed by atoms with Crippen LogP contribution in [0, 0.1) is 0 Å². The molecule has 106 valence electrons. The molecule has 3 rings (SSSR count). The highest BCUT2D eigenvalue weighted by Gasteiger charge is 2.13. The Bertz CT molecular complexity index is 775. The summed E-state index contributed by atoms with van der Waals surface area (Å²) in [7, 11) is 0. The van der Waals surface area contributed by atoms with Crippen molar-refractivity contribution in [2.75, 3.05) is 0 Å². The van der Waals surface area contributed by atoms with Crippen LogP contribution in [0.4, 0.5) is 0 Å². The Hall–Kier alpha value is -2.28. The van der Waals surface area contributed by atoms with Gasteiger partial charge in [0.25, 0.3) is 0 Å². The van der Waals surface area contributed by atoms with Gasteiger partial charge in [-0.2, -0.15) is 10.2 Å². The second-order valence-electron chi connectivity index (χ2n) is 4.41. The number of nitrogens with zero attached hydrogens (tertiary/aromatic N) is 5. The lowest BCUT2D eigenvalue weighted by molar-refractivity contribution is 0.112. The summed E-state index contributed by atoms with van der Waals surface area (Å²) in [5.41, 5.74) is 1.93. The zero-order valence-electron chi connectivity index (χ0n) is 11.3. The van der Waals surface area contributed by atoms with Crippen LogP contribution in [0.2, 0.25) is 0 Å². The Morgan fingerprint density at radius 3 is 2.76 bits per heavy atom. The van der Waals surface area contributed by atoms with E-state index in [4.69, 9.17) is 0 Å². The molecule has 0 amide bonds. The van der Waals surface area contributed by atoms with Crippen molar-refractivity contribution in [3.8, 4) is 17.1 Å². The third-order valence-corrected chi connectivity index (χ3v) is 3.52. The largest absolute Gasteiger partial charge is 0.298 e. The van der Waals surface area contributed by atoms with Crippen LogP contribution in [0.3, 0.4) is 0 Å². The molecule has 0 aliphatic heterocycles. The van der Waals surface area contributed by atoms with Crippen LogP contribution in [0.1, 0.15) is 17.3 Å². The van der Waals surface area contributed by atoms with Gasteiger partial charge in [0.05, 0.1) is 11.8 Å². The molecule has 0 spiro atoms. The van der Waals surface area contributed by atoms with Crippen molar-refractivity contribution >= 4 is 22.2 Å². The molecule has 21 heavy (non-hydrogen) atoms. The Labute approximate surface area is 129 Å². The summed E-state index contributed by atoms with van der Waals surface area (Å²) < 4.78 is 4.27. The summed E-state index contributed by atoms with van der Waals surface area (Å²) in [5, 5.41) is 8.66. The van der Waals surface area contributed by atoms with E-state index in [9.17, 15) is 4.79 Å². The monoisotopic (exact) mass is 345 g/mol. The van der Waals surface area contributed by atoms with Crippen molar-refractivity contribution in [3.63, 3.8) is 0 Å². The van der Waals surface area contributed by atoms with Crippen molar-refractivity contribution in [1.29, 1.82) is 0 Å². The molecule has 0 fully saturated rings. The van der Waals surface area contributed by atoms with E-state index in [0.717, 1.165) is 22.9 Å². The fraction of sp³-hybridized carbons (Fsp3) is 0.143. The van der Waals surface area contributed by atoms with Crippen molar-refractivity contribution in [2.24, 2.45) is 0 Å². The van der Waals surface area contributed by atoms with Gasteiger partial charge in [-0.05, 0) is 35.0 Å². The SMILES string of the molecule is CCn1cc(-c2nn(-c3ccc(Br)cn3)cc2C=O)cn1. The first-order valence-corrected chi connectivity index (χ1v) is 7.20. The molecule has 0 radical (unpaired) electrons. The van der Waals surface area contributed by atoms with Gasteiger partial charge >= 0.3 is 0 Å². The Morgan fingerprint density at radius 2 is 2.14 bits per heavy atom. The minimum atomic E-state index is 0.510. The lowest BCUT2D eigenvalue weighted by Crippen LogP contribution is -1.97. The maximum absolute atomic E-state index is 11.3. The van der Waals surface area contributed by atoms with Crippen LogP contribution in [0.15, 0.2) is 41.4 Å². The minimum absolute atomic E-state index is 0.510. The number of aldehydes is 1. The van der Waals surface area contributed by atoms with E-state index in [1.54, 1.807) is 28.0 Å². The zero-order valence-corrected chi connectivity index (χ0v) is 12.9. The topological polar surface area (TPSA) is 65.6 Å². The highest BCUT2D eigenvalue weighted by molar-refractivity contribution is 9.10. The summed E-state index contributed by atoms with van der Waals surface area (Å²) in [6, 6.07) is 3.70. The van der Waals surface area contributed by atoms with E-state index in [0.29, 0.717) is 17.1 Å². The second-order valence-corrected chi connectivity index (χ2v) is 5.33. The van der Waals surface area contributed by atoms with Crippen LogP contribution in [0.25, 0.3) is 17.1 Å². The standard InChI is InChI=1S/C14H12BrN5O/c1-2-19-7-10(5-17-19)14-11(9-21)8-20(18-14)13-4-3-12(15)6-16-13/h3-9H,2H2,1H3. The third-order valence-electron chi connectivity index (χ3n) is 3.05. The Kier molecular flexibility index (Phi) is 3.66. The number of halogens is 1. The van der Waals surface area contributed by atoms with Crippen LogP contribution in [-0.2, 0) is 6.54 Å². The molecule has 3 heterocycles. The highest BCUT2D eigenvalue weighted by Crippen LogP contribution is 2.22. The van der Waals surface area contributed by atoms with Crippen molar-refractivity contribution in [3.05, 3.63) is 47.0 Å². The number of carbonyl (C=O) groups is 1. The Balaban J connectivity index is 2.05. The zero-order chi connectivity index (χ0) is 14.8. The van der Waals surface area contributed by atoms with E-state index in [1.165, 1.54) is 0 Å². The van der Waals surface area contributed by atoms with Gasteiger partial charge in [-0.3, -0.25) is 9.48 Å². The van der Waals surface area contributed by atoms with Crippen molar-refractivity contribution < 1.29 is 4.79 Å². The van der Waals surface area contributed by atoms with E-state index < -0.39 is 0 Å². The smallest absolute Gasteiger partial charge is 0.153 e. The fourth-order valence-corrected chi connectivity index (χ4v) is 2.21. The van der Waals surface area contributed by atoms with Gasteiger partial charge in [0.1, 0.15) is 5.69 Å². The number of carbonyl (C=O) groups excluding carboxylic acids is 1. The molecule has 0 atom stereocenters. The van der Waals surface area contributed by atoms with Crippen LogP contribution < -0.4 is 0 Å². The van der Waals surface area contributed by atoms with E-state index in [1.807, 2.05) is 25.3 Å². The number of rotatable bonds is 4. The van der Waals surface area contributed by atoms with Gasteiger partial charge in [-0.25, -0.2) is 9.67 Å². The number of aromatic nitrogens is 5. The molecule has 0 aliphatic carbocycles. The quantitative estimate of drug-likeness (QED) is 0.682. The lowest BCUT2D eigenvalue weighted by atomic mass is 10.2. The molecule has 0 bridgehead atoms. The van der Waals surface area contributed by atoms with Crippen LogP contribution in [-0.4, -0.2) is 30.8 Å². The van der Waals surface area contributed by atoms with Gasteiger partial charge in [0.15, 0.2) is 12.1 Å². The third kappa shape index (κ3) is 2.64. The normalized spacial score (nSPS) is 10.8. The fourth-order valence-electron chi connectivity index (χ4n) is 1.98. The Morgan fingerprint density at radius 1 is 1.29 bits per heavy atom. The first-order chi connectivity index (χ1) is 10.2. The molecule has 6 nitrogen and oxygen atoms in total. The molecular weight excluding hydrogens is 334 g/mol. The van der Waals surface area contributed by atoms with Crippen molar-refractivity contribution in [1.82, 2.24) is 24.5 Å². The van der Waals surface area contributed by atoms with Crippen LogP contribution in [0.5, 0.6) is 0 Å². The molecule has 0 aromatic carbocycles. The van der Waals surface area contributed by atoms with Gasteiger partial charge in [-0.1, -0.05) is 0 Å². The van der Waals surface area contributed by atoms with E-state index in [2.05, 4.69) is 31.1 Å². The predicted molar refractivity (Wildman–Crippen MR) is 81.3 cm³/mol. The first kappa shape index (κ1) is 13.7. The second kappa shape index (κ2) is 5.61. The van der Waals surface area contributed by atoms with Crippen molar-refractivity contribution in [2.45, 2.75) is 13.5 Å². The van der Waals surface area contributed by atoms with Gasteiger partial charge in [0.2, 0.25) is 0 Å². The summed E-state index contributed by atoms with van der Waals surface area (Å²) in [6.07, 6.45) is 7.72. The molecule has 0 saturated heterocycles. The average Bonchev–Trinajstić information content (AvgIpc) is 3.14. The number of hydrogen-bond acceptors (Lipinski definition) is 4. The molecular formula is C14H12BrN5O. The maximum Gasteiger partial charge on any atom is 0.153 e. The summed E-state index contributed by atoms with van der Waals surface area (Å²) in [5.74, 6) is 0.649. The average molecular weight is 346 g/mol. The minimum Gasteiger partial charge on any atom is -0.298 e. The lowest BCUT2D eigenvalue weighted by Gasteiger charge is -1.99. The van der Waals surface area contributed by atoms with E-state index in [-0.39, 0.29) is 0 Å². The molecule has 0 aliphatic rings.